The summed E-state index contributed by atoms with van der Waals surface area (Å²) in [5.41, 5.74) is 0. The highest BCUT2D eigenvalue weighted by Crippen LogP contribution is 2.12. The van der Waals surface area contributed by atoms with E-state index in [1.165, 1.54) is 6.42 Å². The first-order chi connectivity index (χ1) is 26.1. The monoisotopic (exact) mass is 755 g/mol. The molecular weight excluding hydrogens is 679 g/mol. The van der Waals surface area contributed by atoms with E-state index in [9.17, 15) is 19.5 Å². The molecule has 0 aliphatic carbocycles. The lowest BCUT2D eigenvalue weighted by atomic mass is 10.1. The Balaban J connectivity index is 4.48. The maximum atomic E-state index is 12.7. The van der Waals surface area contributed by atoms with E-state index in [-0.39, 0.29) is 36.2 Å². The average molecular weight is 755 g/mol. The van der Waals surface area contributed by atoms with Gasteiger partial charge >= 0.3 is 17.9 Å². The second kappa shape index (κ2) is 36.5. The maximum absolute atomic E-state index is 12.7. The van der Waals surface area contributed by atoms with Gasteiger partial charge in [0.1, 0.15) is 6.61 Å². The molecule has 306 valence electrons. The summed E-state index contributed by atoms with van der Waals surface area (Å²) in [5.74, 6) is -1.53. The standard InChI is InChI=1S/C46H75NO7/c1-6-8-10-12-14-16-18-20-21-22-23-24-25-27-29-31-33-35-37-45(49)54-42(40-52-39-38-43(46(50)51)47(3,4)5)41-53-44(48)36-34-32-30-28-26-19-17-15-13-11-9-7-2/h9-12,14-18,20-24,42-43H,6-8,13,19,25-41H2,1-5H3/p+1/b11-9+,12-10+,16-14+,17-15+,20-18+,22-21+,24-23+. The first-order valence-corrected chi connectivity index (χ1v) is 20.7. The van der Waals surface area contributed by atoms with Crippen molar-refractivity contribution < 1.29 is 38.2 Å². The number of hydrogen-bond donors (Lipinski definition) is 1. The number of carboxylic acids is 1. The molecule has 0 amide bonds. The number of nitrogens with zero attached hydrogens (tertiary/aromatic N) is 1. The summed E-state index contributed by atoms with van der Waals surface area (Å²) >= 11 is 0. The quantitative estimate of drug-likeness (QED) is 0.0226. The Morgan fingerprint density at radius 2 is 1.11 bits per heavy atom. The van der Waals surface area contributed by atoms with Gasteiger partial charge in [-0.25, -0.2) is 4.79 Å². The van der Waals surface area contributed by atoms with E-state index in [4.69, 9.17) is 14.2 Å². The van der Waals surface area contributed by atoms with Crippen molar-refractivity contribution in [3.8, 4) is 0 Å². The highest BCUT2D eigenvalue weighted by atomic mass is 16.6. The van der Waals surface area contributed by atoms with Crippen molar-refractivity contribution in [3.05, 3.63) is 85.1 Å². The predicted octanol–water partition coefficient (Wildman–Crippen LogP) is 11.0. The van der Waals surface area contributed by atoms with Gasteiger partial charge in [0.15, 0.2) is 12.1 Å². The molecule has 0 aromatic carbocycles. The van der Waals surface area contributed by atoms with Crippen LogP contribution >= 0.6 is 0 Å². The summed E-state index contributed by atoms with van der Waals surface area (Å²) in [6.07, 6.45) is 46.2. The number of carbonyl (C=O) groups is 3. The minimum atomic E-state index is -0.887. The van der Waals surface area contributed by atoms with Crippen LogP contribution in [0.25, 0.3) is 0 Å². The number of rotatable bonds is 35. The number of esters is 2. The molecule has 54 heavy (non-hydrogen) atoms. The van der Waals surface area contributed by atoms with Crippen LogP contribution in [0.4, 0.5) is 0 Å². The van der Waals surface area contributed by atoms with Gasteiger partial charge < -0.3 is 23.8 Å². The van der Waals surface area contributed by atoms with Gasteiger partial charge in [-0.2, -0.15) is 0 Å². The molecule has 0 saturated carbocycles. The van der Waals surface area contributed by atoms with Crippen LogP contribution in [0.1, 0.15) is 136 Å². The summed E-state index contributed by atoms with van der Waals surface area (Å²) in [4.78, 5) is 36.9. The number of allylic oxidation sites excluding steroid dienone is 14. The lowest BCUT2D eigenvalue weighted by Crippen LogP contribution is -2.50. The van der Waals surface area contributed by atoms with Gasteiger partial charge in [-0.15, -0.1) is 0 Å². The predicted molar refractivity (Wildman–Crippen MR) is 224 cm³/mol. The van der Waals surface area contributed by atoms with E-state index in [0.717, 1.165) is 96.3 Å². The van der Waals surface area contributed by atoms with Gasteiger partial charge in [0.05, 0.1) is 34.4 Å². The van der Waals surface area contributed by atoms with E-state index in [0.29, 0.717) is 19.3 Å². The van der Waals surface area contributed by atoms with Crippen molar-refractivity contribution in [2.75, 3.05) is 41.0 Å². The Kier molecular flexibility index (Phi) is 34.1. The van der Waals surface area contributed by atoms with Crippen LogP contribution in [-0.4, -0.2) is 80.6 Å². The van der Waals surface area contributed by atoms with Crippen molar-refractivity contribution in [2.45, 2.75) is 148 Å². The molecular formula is C46H76NO7+. The van der Waals surface area contributed by atoms with Crippen LogP contribution in [0.2, 0.25) is 0 Å². The topological polar surface area (TPSA) is 99.1 Å². The summed E-state index contributed by atoms with van der Waals surface area (Å²) in [7, 11) is 5.49. The van der Waals surface area contributed by atoms with E-state index in [1.807, 2.05) is 57.6 Å². The van der Waals surface area contributed by atoms with E-state index in [1.54, 1.807) is 0 Å². The first kappa shape index (κ1) is 50.5. The van der Waals surface area contributed by atoms with Crippen LogP contribution in [0.5, 0.6) is 0 Å². The minimum absolute atomic E-state index is 0.0403. The summed E-state index contributed by atoms with van der Waals surface area (Å²) in [5, 5.41) is 9.60. The van der Waals surface area contributed by atoms with Crippen molar-refractivity contribution in [3.63, 3.8) is 0 Å². The molecule has 0 aromatic rings. The molecule has 0 spiro atoms. The molecule has 1 N–H and O–H groups in total. The summed E-state index contributed by atoms with van der Waals surface area (Å²) < 4.78 is 17.2. The lowest BCUT2D eigenvalue weighted by molar-refractivity contribution is -0.887. The third kappa shape index (κ3) is 34.3. The van der Waals surface area contributed by atoms with Crippen LogP contribution in [0, 0.1) is 0 Å². The van der Waals surface area contributed by atoms with Crippen molar-refractivity contribution in [1.29, 1.82) is 0 Å². The average Bonchev–Trinajstić information content (AvgIpc) is 3.12. The number of quaternary nitrogens is 1. The number of hydrogen-bond acceptors (Lipinski definition) is 6. The van der Waals surface area contributed by atoms with E-state index in [2.05, 4.69) is 62.5 Å². The number of aliphatic carboxylic acids is 1. The molecule has 0 bridgehead atoms. The summed E-state index contributed by atoms with van der Waals surface area (Å²) in [6.45, 7) is 4.47. The van der Waals surface area contributed by atoms with E-state index < -0.39 is 18.1 Å². The molecule has 0 aromatic heterocycles. The largest absolute Gasteiger partial charge is 0.477 e. The maximum Gasteiger partial charge on any atom is 0.362 e. The van der Waals surface area contributed by atoms with Crippen molar-refractivity contribution in [2.24, 2.45) is 0 Å². The molecule has 0 aliphatic heterocycles. The first-order valence-electron chi connectivity index (χ1n) is 20.7. The Hall–Kier alpha value is -3.49. The SMILES string of the molecule is CC/C=C/C/C=C/CCCCCCCC(=O)OCC(COCCC(C(=O)O)[N+](C)(C)C)OC(=O)CCCCCCC/C=C/C=C/C=C/C=C/C=C/CCC. The number of likely N-dealkylation sites (N-methyl/N-ethyl adjacent to an activating group) is 1. The normalized spacial score (nSPS) is 13.9. The number of unbranched alkanes of at least 4 members (excludes halogenated alkanes) is 11. The molecule has 8 nitrogen and oxygen atoms in total. The molecule has 0 rings (SSSR count). The Morgan fingerprint density at radius 3 is 1.69 bits per heavy atom. The molecule has 0 aliphatic rings. The Morgan fingerprint density at radius 1 is 0.593 bits per heavy atom. The fourth-order valence-electron chi connectivity index (χ4n) is 5.45. The molecule has 0 fully saturated rings. The zero-order valence-corrected chi connectivity index (χ0v) is 34.6. The fourth-order valence-corrected chi connectivity index (χ4v) is 5.45. The third-order valence-corrected chi connectivity index (χ3v) is 8.64. The highest BCUT2D eigenvalue weighted by Gasteiger charge is 2.31. The molecule has 0 radical (unpaired) electrons. The summed E-state index contributed by atoms with van der Waals surface area (Å²) in [6, 6.07) is -0.626. The smallest absolute Gasteiger partial charge is 0.362 e. The lowest BCUT2D eigenvalue weighted by Gasteiger charge is -2.31. The second-order valence-corrected chi connectivity index (χ2v) is 14.6. The van der Waals surface area contributed by atoms with Gasteiger partial charge in [-0.1, -0.05) is 144 Å². The number of carboxylic acid groups (broad SMARTS) is 1. The van der Waals surface area contributed by atoms with Gasteiger partial charge in [-0.05, 0) is 57.8 Å². The minimum Gasteiger partial charge on any atom is -0.477 e. The highest BCUT2D eigenvalue weighted by molar-refractivity contribution is 5.72. The zero-order valence-electron chi connectivity index (χ0n) is 34.6. The zero-order chi connectivity index (χ0) is 40.0. The molecule has 0 saturated heterocycles. The van der Waals surface area contributed by atoms with E-state index >= 15 is 0 Å². The Labute approximate surface area is 329 Å². The fraction of sp³-hybridized carbons (Fsp3) is 0.630. The Bertz CT molecular complexity index is 1160. The third-order valence-electron chi connectivity index (χ3n) is 8.64. The molecule has 8 heteroatoms. The van der Waals surface area contributed by atoms with Gasteiger partial charge in [-0.3, -0.25) is 9.59 Å². The van der Waals surface area contributed by atoms with Crippen LogP contribution < -0.4 is 0 Å². The van der Waals surface area contributed by atoms with Crippen molar-refractivity contribution in [1.82, 2.24) is 0 Å². The number of ether oxygens (including phenoxy) is 3. The van der Waals surface area contributed by atoms with Crippen molar-refractivity contribution >= 4 is 17.9 Å². The van der Waals surface area contributed by atoms with Gasteiger partial charge in [0, 0.05) is 19.3 Å². The molecule has 0 heterocycles. The van der Waals surface area contributed by atoms with Crippen LogP contribution in [0.15, 0.2) is 85.1 Å². The molecule has 2 atom stereocenters. The van der Waals surface area contributed by atoms with Gasteiger partial charge in [0.2, 0.25) is 0 Å². The second-order valence-electron chi connectivity index (χ2n) is 14.6. The van der Waals surface area contributed by atoms with Crippen LogP contribution in [0.3, 0.4) is 0 Å². The number of carbonyl (C=O) groups excluding carboxylic acids is 2. The van der Waals surface area contributed by atoms with Gasteiger partial charge in [0.25, 0.3) is 0 Å². The molecule has 2 unspecified atom stereocenters. The van der Waals surface area contributed by atoms with Crippen LogP contribution in [-0.2, 0) is 28.6 Å².